The number of carbonyl (C=O) groups is 1. The fourth-order valence-corrected chi connectivity index (χ4v) is 4.83. The van der Waals surface area contributed by atoms with E-state index in [4.69, 9.17) is 18.9 Å². The summed E-state index contributed by atoms with van der Waals surface area (Å²) in [5.41, 5.74) is 0. The number of aliphatic hydroxyl groups is 7. The van der Waals surface area contributed by atoms with Gasteiger partial charge in [-0.2, -0.15) is 0 Å². The molecular formula is C28H50O12. The molecule has 40 heavy (non-hydrogen) atoms. The van der Waals surface area contributed by atoms with Crippen LogP contribution >= 0.6 is 0 Å². The molecule has 2 rings (SSSR count). The second kappa shape index (κ2) is 18.8. The molecule has 0 spiro atoms. The quantitative estimate of drug-likeness (QED) is 0.0747. The first kappa shape index (κ1) is 34.7. The fraction of sp³-hybridized carbons (Fsp3) is 0.893. The van der Waals surface area contributed by atoms with Crippen molar-refractivity contribution in [3.63, 3.8) is 0 Å². The van der Waals surface area contributed by atoms with E-state index < -0.39 is 74.0 Å². The first-order valence-corrected chi connectivity index (χ1v) is 14.8. The molecule has 0 aromatic heterocycles. The zero-order valence-corrected chi connectivity index (χ0v) is 23.6. The Bertz CT molecular complexity index is 745. The van der Waals surface area contributed by atoms with E-state index in [1.54, 1.807) is 0 Å². The van der Waals surface area contributed by atoms with Crippen LogP contribution in [-0.2, 0) is 23.7 Å². The van der Waals surface area contributed by atoms with Crippen LogP contribution in [0.3, 0.4) is 0 Å². The summed E-state index contributed by atoms with van der Waals surface area (Å²) in [5.74, 6) is -1.98. The van der Waals surface area contributed by atoms with Crippen molar-refractivity contribution in [2.45, 2.75) is 139 Å². The molecule has 0 aliphatic carbocycles. The summed E-state index contributed by atoms with van der Waals surface area (Å²) >= 11 is 0. The lowest BCUT2D eigenvalue weighted by atomic mass is 9.99. The van der Waals surface area contributed by atoms with Crippen molar-refractivity contribution in [1.29, 1.82) is 0 Å². The highest BCUT2D eigenvalue weighted by Crippen LogP contribution is 2.31. The molecule has 1 saturated heterocycles. The van der Waals surface area contributed by atoms with E-state index in [1.807, 2.05) is 0 Å². The molecule has 12 nitrogen and oxygen atoms in total. The first-order chi connectivity index (χ1) is 19.2. The van der Waals surface area contributed by atoms with Crippen molar-refractivity contribution < 1.29 is 59.5 Å². The van der Waals surface area contributed by atoms with Crippen molar-refractivity contribution in [2.75, 3.05) is 19.8 Å². The largest absolute Gasteiger partial charge is 0.487 e. The molecule has 0 aromatic carbocycles. The van der Waals surface area contributed by atoms with Crippen LogP contribution in [0.2, 0.25) is 0 Å². The van der Waals surface area contributed by atoms with Gasteiger partial charge < -0.3 is 54.7 Å². The maximum atomic E-state index is 12.5. The number of ether oxygens (including phenoxy) is 4. The van der Waals surface area contributed by atoms with Gasteiger partial charge in [0.1, 0.15) is 37.1 Å². The van der Waals surface area contributed by atoms with E-state index in [1.165, 1.54) is 51.4 Å². The second-order valence-corrected chi connectivity index (χ2v) is 10.7. The molecule has 0 aromatic rings. The minimum Gasteiger partial charge on any atom is -0.487 e. The Morgan fingerprint density at radius 2 is 1.40 bits per heavy atom. The van der Waals surface area contributed by atoms with Gasteiger partial charge in [-0.3, -0.25) is 0 Å². The Hall–Kier alpha value is -1.51. The monoisotopic (exact) mass is 578 g/mol. The summed E-state index contributed by atoms with van der Waals surface area (Å²) in [6.45, 7) is 0.507. The Kier molecular flexibility index (Phi) is 16.3. The summed E-state index contributed by atoms with van der Waals surface area (Å²) in [6.07, 6.45) is 2.77. The average Bonchev–Trinajstić information content (AvgIpc) is 3.26. The van der Waals surface area contributed by atoms with Gasteiger partial charge >= 0.3 is 5.97 Å². The highest BCUT2D eigenvalue weighted by molar-refractivity contribution is 5.89. The number of rotatable bonds is 21. The lowest BCUT2D eigenvalue weighted by Gasteiger charge is -2.39. The number of esters is 1. The third kappa shape index (κ3) is 10.7. The molecule has 12 heteroatoms. The molecule has 2 unspecified atom stereocenters. The Morgan fingerprint density at radius 1 is 0.825 bits per heavy atom. The maximum Gasteiger partial charge on any atom is 0.378 e. The van der Waals surface area contributed by atoms with Crippen molar-refractivity contribution in [3.8, 4) is 0 Å². The second-order valence-electron chi connectivity index (χ2n) is 10.7. The molecule has 0 saturated carbocycles. The van der Waals surface area contributed by atoms with Crippen LogP contribution < -0.4 is 0 Å². The van der Waals surface area contributed by atoms with Crippen LogP contribution in [0.25, 0.3) is 0 Å². The van der Waals surface area contributed by atoms with Crippen LogP contribution in [0.5, 0.6) is 0 Å². The Balaban J connectivity index is 1.82. The van der Waals surface area contributed by atoms with Gasteiger partial charge in [-0.15, -0.1) is 0 Å². The van der Waals surface area contributed by atoms with E-state index in [0.717, 1.165) is 25.7 Å². The van der Waals surface area contributed by atoms with Gasteiger partial charge in [-0.1, -0.05) is 84.0 Å². The van der Waals surface area contributed by atoms with E-state index in [9.17, 15) is 40.5 Å². The highest BCUT2D eigenvalue weighted by Gasteiger charge is 2.48. The number of hydrogen-bond acceptors (Lipinski definition) is 12. The molecule has 2 heterocycles. The van der Waals surface area contributed by atoms with Crippen molar-refractivity contribution >= 4 is 5.97 Å². The lowest BCUT2D eigenvalue weighted by molar-refractivity contribution is -0.291. The summed E-state index contributed by atoms with van der Waals surface area (Å²) in [6, 6.07) is 0. The lowest BCUT2D eigenvalue weighted by Crippen LogP contribution is -2.59. The van der Waals surface area contributed by atoms with Crippen molar-refractivity contribution in [2.24, 2.45) is 0 Å². The molecule has 0 radical (unpaired) electrons. The SMILES string of the molecule is CCCCCCCCCCCCCCC(O)COC1=C(OC2O[C@H](CO)[C@@H](O)[C@H](O)[C@H]2O)C(=O)O[C@@H]1[C@@H](O)CO. The number of aliphatic hydroxyl groups excluding tert-OH is 7. The molecule has 0 bridgehead atoms. The standard InChI is InChI=1S/C28H50O12/c1-2-3-4-5-6-7-8-9-10-11-12-13-14-18(31)17-37-25-24(19(32)15-29)39-27(36)26(25)40-28-23(35)22(34)21(33)20(16-30)38-28/h18-24,28-35H,2-17H2,1H3/t18?,19-,20+,21+,22-,23+,24+,28?/m0/s1. The molecule has 0 amide bonds. The predicted octanol–water partition coefficient (Wildman–Crippen LogP) is 0.762. The van der Waals surface area contributed by atoms with E-state index in [0.29, 0.717) is 6.42 Å². The molecule has 234 valence electrons. The molecule has 7 N–H and O–H groups in total. The van der Waals surface area contributed by atoms with Gasteiger partial charge in [0.15, 0.2) is 11.9 Å². The third-order valence-corrected chi connectivity index (χ3v) is 7.34. The molecule has 2 aliphatic rings. The van der Waals surface area contributed by atoms with E-state index >= 15 is 0 Å². The summed E-state index contributed by atoms with van der Waals surface area (Å²) in [4.78, 5) is 12.5. The number of cyclic esters (lactones) is 1. The summed E-state index contributed by atoms with van der Waals surface area (Å²) < 4.78 is 21.4. The van der Waals surface area contributed by atoms with Gasteiger partial charge in [0.25, 0.3) is 0 Å². The topological polar surface area (TPSA) is 196 Å². The van der Waals surface area contributed by atoms with E-state index in [-0.39, 0.29) is 12.4 Å². The van der Waals surface area contributed by atoms with Gasteiger partial charge in [0, 0.05) is 0 Å². The fourth-order valence-electron chi connectivity index (χ4n) is 4.83. The normalized spacial score (nSPS) is 28.4. The zero-order chi connectivity index (χ0) is 29.5. The number of hydrogen-bond donors (Lipinski definition) is 7. The van der Waals surface area contributed by atoms with Crippen molar-refractivity contribution in [1.82, 2.24) is 0 Å². The van der Waals surface area contributed by atoms with Crippen LogP contribution in [-0.4, -0.2) is 111 Å². The van der Waals surface area contributed by atoms with Gasteiger partial charge in [0.2, 0.25) is 12.0 Å². The smallest absolute Gasteiger partial charge is 0.378 e. The van der Waals surface area contributed by atoms with Crippen molar-refractivity contribution in [3.05, 3.63) is 11.5 Å². The maximum absolute atomic E-state index is 12.5. The Morgan fingerprint density at radius 3 is 1.95 bits per heavy atom. The minimum absolute atomic E-state index is 0.250. The van der Waals surface area contributed by atoms with Crippen LogP contribution in [0.15, 0.2) is 11.5 Å². The van der Waals surface area contributed by atoms with E-state index in [2.05, 4.69) is 6.92 Å². The van der Waals surface area contributed by atoms with Gasteiger partial charge in [0.05, 0.1) is 19.3 Å². The molecule has 8 atom stereocenters. The first-order valence-electron chi connectivity index (χ1n) is 14.8. The van der Waals surface area contributed by atoms with Gasteiger partial charge in [-0.25, -0.2) is 4.79 Å². The molecule has 2 aliphatic heterocycles. The molecular weight excluding hydrogens is 528 g/mol. The zero-order valence-electron chi connectivity index (χ0n) is 23.6. The molecule has 1 fully saturated rings. The van der Waals surface area contributed by atoms with Crippen LogP contribution in [0.1, 0.15) is 90.4 Å². The summed E-state index contributed by atoms with van der Waals surface area (Å²) in [5, 5.41) is 69.5. The average molecular weight is 579 g/mol. The van der Waals surface area contributed by atoms with Crippen LogP contribution in [0, 0.1) is 0 Å². The number of unbranched alkanes of at least 4 members (excludes halogenated alkanes) is 11. The predicted molar refractivity (Wildman–Crippen MR) is 143 cm³/mol. The Labute approximate surface area is 236 Å². The summed E-state index contributed by atoms with van der Waals surface area (Å²) in [7, 11) is 0. The number of carbonyl (C=O) groups excluding carboxylic acids is 1. The highest BCUT2D eigenvalue weighted by atomic mass is 16.7. The van der Waals surface area contributed by atoms with Crippen LogP contribution in [0.4, 0.5) is 0 Å². The minimum atomic E-state index is -1.79. The third-order valence-electron chi connectivity index (χ3n) is 7.34. The van der Waals surface area contributed by atoms with Gasteiger partial charge in [-0.05, 0) is 6.42 Å².